The Morgan fingerprint density at radius 2 is 1.66 bits per heavy atom. The van der Waals surface area contributed by atoms with Gasteiger partial charge < -0.3 is 23.8 Å². The van der Waals surface area contributed by atoms with Crippen LogP contribution in [0.5, 0.6) is 23.0 Å². The van der Waals surface area contributed by atoms with Gasteiger partial charge in [-0.1, -0.05) is 0 Å². The Morgan fingerprint density at radius 1 is 0.966 bits per heavy atom. The molecule has 8 nitrogen and oxygen atoms in total. The molecule has 0 amide bonds. The number of aryl methyl sites for hydroxylation is 1. The van der Waals surface area contributed by atoms with E-state index < -0.39 is 0 Å². The molecular formula is C21H21N3O5. The number of ether oxygens (including phenoxy) is 4. The first-order valence-electron chi connectivity index (χ1n) is 9.49. The Kier molecular flexibility index (Phi) is 4.28. The molecule has 1 aromatic heterocycles. The molecule has 5 rings (SSSR count). The van der Waals surface area contributed by atoms with Crippen LogP contribution in [0.4, 0.5) is 0 Å². The van der Waals surface area contributed by atoms with Crippen molar-refractivity contribution in [2.24, 2.45) is 0 Å². The Morgan fingerprint density at radius 3 is 2.41 bits per heavy atom. The third-order valence-electron chi connectivity index (χ3n) is 5.11. The second-order valence-electron chi connectivity index (χ2n) is 7.34. The summed E-state index contributed by atoms with van der Waals surface area (Å²) in [5.74, 6) is 2.63. The summed E-state index contributed by atoms with van der Waals surface area (Å²) in [7, 11) is 4.03. The fourth-order valence-electron chi connectivity index (χ4n) is 3.69. The lowest BCUT2D eigenvalue weighted by Gasteiger charge is -2.15. The maximum atomic E-state index is 12.9. The van der Waals surface area contributed by atoms with Gasteiger partial charge in [0.2, 0.25) is 13.6 Å². The molecule has 0 N–H and O–H groups in total. The zero-order chi connectivity index (χ0) is 20.0. The zero-order valence-electron chi connectivity index (χ0n) is 16.3. The minimum absolute atomic E-state index is 0.170. The van der Waals surface area contributed by atoms with Crippen LogP contribution >= 0.6 is 0 Å². The van der Waals surface area contributed by atoms with E-state index in [1.54, 1.807) is 4.57 Å². The predicted octanol–water partition coefficient (Wildman–Crippen LogP) is 2.47. The Labute approximate surface area is 167 Å². The van der Waals surface area contributed by atoms with Gasteiger partial charge >= 0.3 is 5.69 Å². The van der Waals surface area contributed by atoms with Crippen molar-refractivity contribution in [2.75, 3.05) is 34.2 Å². The molecule has 0 saturated heterocycles. The van der Waals surface area contributed by atoms with Gasteiger partial charge in [0.1, 0.15) is 0 Å². The molecule has 29 heavy (non-hydrogen) atoms. The molecule has 3 heterocycles. The molecule has 3 aromatic rings. The van der Waals surface area contributed by atoms with Crippen molar-refractivity contribution in [3.8, 4) is 34.3 Å². The second-order valence-corrected chi connectivity index (χ2v) is 7.34. The van der Waals surface area contributed by atoms with Gasteiger partial charge in [0.05, 0.1) is 11.2 Å². The largest absolute Gasteiger partial charge is 0.454 e. The molecule has 2 aliphatic rings. The number of hydrogen-bond acceptors (Lipinski definition) is 7. The van der Waals surface area contributed by atoms with E-state index in [2.05, 4.69) is 9.88 Å². The normalized spacial score (nSPS) is 14.2. The molecule has 0 atom stereocenters. The van der Waals surface area contributed by atoms with E-state index in [9.17, 15) is 4.79 Å². The van der Waals surface area contributed by atoms with Crippen LogP contribution in [0.2, 0.25) is 0 Å². The van der Waals surface area contributed by atoms with Crippen LogP contribution in [0.1, 0.15) is 6.42 Å². The van der Waals surface area contributed by atoms with Crippen LogP contribution < -0.4 is 24.6 Å². The Balaban J connectivity index is 1.68. The fraction of sp³-hybridized carbons (Fsp3) is 0.333. The number of hydrogen-bond donors (Lipinski definition) is 0. The number of rotatable bonds is 5. The summed E-state index contributed by atoms with van der Waals surface area (Å²) in [6, 6.07) is 9.33. The molecule has 2 aliphatic heterocycles. The van der Waals surface area contributed by atoms with Crippen molar-refractivity contribution in [2.45, 2.75) is 13.0 Å². The van der Waals surface area contributed by atoms with Crippen LogP contribution in [-0.2, 0) is 6.54 Å². The van der Waals surface area contributed by atoms with E-state index in [1.165, 1.54) is 0 Å². The highest BCUT2D eigenvalue weighted by atomic mass is 16.7. The van der Waals surface area contributed by atoms with Gasteiger partial charge in [-0.3, -0.25) is 4.57 Å². The first kappa shape index (κ1) is 17.8. The predicted molar refractivity (Wildman–Crippen MR) is 107 cm³/mol. The highest BCUT2D eigenvalue weighted by Gasteiger charge is 2.21. The molecule has 150 valence electrons. The van der Waals surface area contributed by atoms with E-state index in [0.29, 0.717) is 35.2 Å². The summed E-state index contributed by atoms with van der Waals surface area (Å²) >= 11 is 0. The minimum Gasteiger partial charge on any atom is -0.454 e. The van der Waals surface area contributed by atoms with Crippen molar-refractivity contribution in [3.05, 3.63) is 40.8 Å². The standard InChI is InChI=1S/C21H21N3O5/c1-23(2)6-3-7-24-15-10-19-18(28-12-29-19)9-14(15)20(22-21(24)25)13-4-5-16-17(8-13)27-11-26-16/h4-5,8-10H,3,6-7,11-12H2,1-2H3. The van der Waals surface area contributed by atoms with Crippen LogP contribution in [0.3, 0.4) is 0 Å². The molecule has 0 saturated carbocycles. The van der Waals surface area contributed by atoms with Crippen LogP contribution in [0.25, 0.3) is 22.2 Å². The quantitative estimate of drug-likeness (QED) is 0.657. The third kappa shape index (κ3) is 3.15. The van der Waals surface area contributed by atoms with Gasteiger partial charge in [-0.05, 0) is 51.3 Å². The number of nitrogens with zero attached hydrogens (tertiary/aromatic N) is 3. The van der Waals surface area contributed by atoms with Gasteiger partial charge in [-0.2, -0.15) is 4.98 Å². The third-order valence-corrected chi connectivity index (χ3v) is 5.11. The molecule has 0 aliphatic carbocycles. The lowest BCUT2D eigenvalue weighted by molar-refractivity contribution is 0.173. The molecule has 0 spiro atoms. The van der Waals surface area contributed by atoms with E-state index in [-0.39, 0.29) is 19.3 Å². The summed E-state index contributed by atoms with van der Waals surface area (Å²) < 4.78 is 23.7. The van der Waals surface area contributed by atoms with E-state index in [4.69, 9.17) is 18.9 Å². The van der Waals surface area contributed by atoms with Crippen molar-refractivity contribution in [1.82, 2.24) is 14.5 Å². The second kappa shape index (κ2) is 6.97. The lowest BCUT2D eigenvalue weighted by atomic mass is 10.0. The van der Waals surface area contributed by atoms with Gasteiger partial charge in [-0.25, -0.2) is 4.79 Å². The van der Waals surface area contributed by atoms with Crippen molar-refractivity contribution in [1.29, 1.82) is 0 Å². The average molecular weight is 395 g/mol. The van der Waals surface area contributed by atoms with Crippen molar-refractivity contribution in [3.63, 3.8) is 0 Å². The number of fused-ring (bicyclic) bond motifs is 3. The summed E-state index contributed by atoms with van der Waals surface area (Å²) in [6.07, 6.45) is 0.835. The van der Waals surface area contributed by atoms with Gasteiger partial charge in [0.15, 0.2) is 23.0 Å². The smallest absolute Gasteiger partial charge is 0.348 e. The van der Waals surface area contributed by atoms with Crippen LogP contribution in [0.15, 0.2) is 35.1 Å². The van der Waals surface area contributed by atoms with E-state index in [0.717, 1.165) is 29.4 Å². The molecular weight excluding hydrogens is 374 g/mol. The molecule has 2 aromatic carbocycles. The SMILES string of the molecule is CN(C)CCCn1c(=O)nc(-c2ccc3c(c2)OCO3)c2cc3c(cc21)OCO3. The lowest BCUT2D eigenvalue weighted by Crippen LogP contribution is -2.26. The monoisotopic (exact) mass is 395 g/mol. The average Bonchev–Trinajstić information content (AvgIpc) is 3.35. The molecule has 0 radical (unpaired) electrons. The summed E-state index contributed by atoms with van der Waals surface area (Å²) in [6.45, 7) is 1.81. The summed E-state index contributed by atoms with van der Waals surface area (Å²) in [5.41, 5.74) is 1.87. The van der Waals surface area contributed by atoms with Crippen LogP contribution in [0, 0.1) is 0 Å². The van der Waals surface area contributed by atoms with Crippen LogP contribution in [-0.4, -0.2) is 48.7 Å². The molecule has 0 unspecified atom stereocenters. The fourth-order valence-corrected chi connectivity index (χ4v) is 3.69. The van der Waals surface area contributed by atoms with E-state index >= 15 is 0 Å². The molecule has 0 bridgehead atoms. The Hall–Kier alpha value is -3.26. The maximum Gasteiger partial charge on any atom is 0.348 e. The zero-order valence-corrected chi connectivity index (χ0v) is 16.3. The van der Waals surface area contributed by atoms with Gasteiger partial charge in [0.25, 0.3) is 0 Å². The highest BCUT2D eigenvalue weighted by molar-refractivity contribution is 5.95. The maximum absolute atomic E-state index is 12.9. The first-order valence-corrected chi connectivity index (χ1v) is 9.49. The topological polar surface area (TPSA) is 75.1 Å². The van der Waals surface area contributed by atoms with Crippen molar-refractivity contribution >= 4 is 10.9 Å². The Bertz CT molecular complexity index is 1160. The van der Waals surface area contributed by atoms with Gasteiger partial charge in [0, 0.05) is 23.6 Å². The van der Waals surface area contributed by atoms with E-state index in [1.807, 2.05) is 44.4 Å². The van der Waals surface area contributed by atoms with Crippen molar-refractivity contribution < 1.29 is 18.9 Å². The minimum atomic E-state index is -0.289. The highest BCUT2D eigenvalue weighted by Crippen LogP contribution is 2.40. The molecule has 8 heteroatoms. The molecule has 0 fully saturated rings. The first-order chi connectivity index (χ1) is 14.1. The number of benzene rings is 2. The van der Waals surface area contributed by atoms with Gasteiger partial charge in [-0.15, -0.1) is 0 Å². The summed E-state index contributed by atoms with van der Waals surface area (Å²) in [4.78, 5) is 19.5. The summed E-state index contributed by atoms with van der Waals surface area (Å²) in [5, 5.41) is 0.831. The number of aromatic nitrogens is 2.